The number of nitrogens with two attached hydrogens (primary N) is 1. The molecular weight excluding hydrogens is 242 g/mol. The average molecular weight is 267 g/mol. The maximum atomic E-state index is 5.64. The maximum Gasteiger partial charge on any atom is 0.123 e. The van der Waals surface area contributed by atoms with Gasteiger partial charge in [-0.05, 0) is 30.0 Å². The lowest BCUT2D eigenvalue weighted by molar-refractivity contribution is 0.0925. The molecule has 2 N–H and O–H groups in total. The molecule has 108 valence electrons. The Kier molecular flexibility index (Phi) is 7.30. The van der Waals surface area contributed by atoms with Gasteiger partial charge < -0.3 is 19.9 Å². The third kappa shape index (κ3) is 6.45. The van der Waals surface area contributed by atoms with Crippen molar-refractivity contribution in [2.45, 2.75) is 26.8 Å². The first-order valence-electron chi connectivity index (χ1n) is 6.74. The largest absolute Gasteiger partial charge is 0.497 e. The molecule has 0 aromatic heterocycles. The molecule has 0 saturated carbocycles. The van der Waals surface area contributed by atoms with E-state index < -0.39 is 0 Å². The van der Waals surface area contributed by atoms with E-state index in [1.54, 1.807) is 7.11 Å². The summed E-state index contributed by atoms with van der Waals surface area (Å²) >= 11 is 0. The van der Waals surface area contributed by atoms with E-state index in [-0.39, 0.29) is 0 Å². The molecule has 1 aromatic carbocycles. The molecular formula is C15H25NO3. The highest BCUT2D eigenvalue weighted by Gasteiger charge is 2.02. The zero-order valence-electron chi connectivity index (χ0n) is 12.1. The number of ether oxygens (including phenoxy) is 3. The Balaban J connectivity index is 2.32. The summed E-state index contributed by atoms with van der Waals surface area (Å²) in [7, 11) is 1.63. The van der Waals surface area contributed by atoms with E-state index in [1.165, 1.54) is 0 Å². The van der Waals surface area contributed by atoms with Crippen LogP contribution in [0.1, 0.15) is 25.8 Å². The van der Waals surface area contributed by atoms with Crippen LogP contribution in [0.25, 0.3) is 0 Å². The summed E-state index contributed by atoms with van der Waals surface area (Å²) in [4.78, 5) is 0. The maximum absolute atomic E-state index is 5.64. The zero-order chi connectivity index (χ0) is 14.1. The lowest BCUT2D eigenvalue weighted by Gasteiger charge is -2.11. The molecule has 0 unspecified atom stereocenters. The fraction of sp³-hybridized carbons (Fsp3) is 0.600. The van der Waals surface area contributed by atoms with Gasteiger partial charge in [-0.3, -0.25) is 0 Å². The van der Waals surface area contributed by atoms with Gasteiger partial charge in [-0.1, -0.05) is 13.8 Å². The molecule has 19 heavy (non-hydrogen) atoms. The first kappa shape index (κ1) is 15.8. The molecule has 0 fully saturated rings. The van der Waals surface area contributed by atoms with Crippen molar-refractivity contribution in [1.29, 1.82) is 0 Å². The van der Waals surface area contributed by atoms with Crippen molar-refractivity contribution in [3.8, 4) is 11.5 Å². The van der Waals surface area contributed by atoms with Crippen molar-refractivity contribution in [2.24, 2.45) is 11.7 Å². The molecule has 0 amide bonds. The monoisotopic (exact) mass is 267 g/mol. The molecule has 0 spiro atoms. The molecule has 0 bridgehead atoms. The smallest absolute Gasteiger partial charge is 0.123 e. The van der Waals surface area contributed by atoms with E-state index in [0.717, 1.165) is 30.1 Å². The fourth-order valence-electron chi connectivity index (χ4n) is 1.59. The van der Waals surface area contributed by atoms with Crippen LogP contribution in [0.3, 0.4) is 0 Å². The van der Waals surface area contributed by atoms with Gasteiger partial charge in [0.1, 0.15) is 18.1 Å². The molecule has 4 nitrogen and oxygen atoms in total. The molecule has 0 radical (unpaired) electrons. The molecule has 0 aliphatic rings. The molecule has 0 heterocycles. The Morgan fingerprint density at radius 1 is 1.05 bits per heavy atom. The van der Waals surface area contributed by atoms with Crippen LogP contribution in [0.15, 0.2) is 18.2 Å². The lowest BCUT2D eigenvalue weighted by atomic mass is 10.1. The van der Waals surface area contributed by atoms with E-state index in [9.17, 15) is 0 Å². The zero-order valence-corrected chi connectivity index (χ0v) is 12.1. The summed E-state index contributed by atoms with van der Waals surface area (Å²) < 4.78 is 16.3. The van der Waals surface area contributed by atoms with Gasteiger partial charge in [-0.2, -0.15) is 0 Å². The van der Waals surface area contributed by atoms with Gasteiger partial charge in [0.05, 0.1) is 13.7 Å². The van der Waals surface area contributed by atoms with E-state index in [1.807, 2.05) is 18.2 Å². The molecule has 1 rings (SSSR count). The Morgan fingerprint density at radius 3 is 2.42 bits per heavy atom. The third-order valence-electron chi connectivity index (χ3n) is 2.75. The molecule has 0 atom stereocenters. The second-order valence-electron chi connectivity index (χ2n) is 4.86. The Morgan fingerprint density at radius 2 is 1.79 bits per heavy atom. The minimum absolute atomic E-state index is 0.471. The Hall–Kier alpha value is -1.26. The topological polar surface area (TPSA) is 53.7 Å². The van der Waals surface area contributed by atoms with Crippen molar-refractivity contribution in [2.75, 3.05) is 26.9 Å². The summed E-state index contributed by atoms with van der Waals surface area (Å²) in [5.74, 6) is 2.21. The first-order valence-corrected chi connectivity index (χ1v) is 6.74. The summed E-state index contributed by atoms with van der Waals surface area (Å²) in [6, 6.07) is 5.69. The Bertz CT molecular complexity index is 344. The van der Waals surface area contributed by atoms with E-state index in [0.29, 0.717) is 25.7 Å². The second kappa shape index (κ2) is 8.77. The lowest BCUT2D eigenvalue weighted by Crippen LogP contribution is -2.09. The first-order chi connectivity index (χ1) is 9.15. The standard InChI is InChI=1S/C15H25NO3/c1-12(2)4-5-18-6-7-19-15-9-13(11-16)8-14(10-15)17-3/h8-10,12H,4-7,11,16H2,1-3H3. The van der Waals surface area contributed by atoms with Gasteiger partial charge in [0.2, 0.25) is 0 Å². The van der Waals surface area contributed by atoms with E-state index >= 15 is 0 Å². The van der Waals surface area contributed by atoms with Gasteiger partial charge in [-0.15, -0.1) is 0 Å². The van der Waals surface area contributed by atoms with Crippen LogP contribution in [0.4, 0.5) is 0 Å². The fourth-order valence-corrected chi connectivity index (χ4v) is 1.59. The molecule has 0 saturated heterocycles. The van der Waals surface area contributed by atoms with Crippen molar-refractivity contribution in [1.82, 2.24) is 0 Å². The predicted octanol–water partition coefficient (Wildman–Crippen LogP) is 2.60. The highest BCUT2D eigenvalue weighted by atomic mass is 16.5. The number of benzene rings is 1. The number of methoxy groups -OCH3 is 1. The van der Waals surface area contributed by atoms with Crippen LogP contribution in [0.5, 0.6) is 11.5 Å². The van der Waals surface area contributed by atoms with Crippen molar-refractivity contribution < 1.29 is 14.2 Å². The molecule has 0 aliphatic carbocycles. The van der Waals surface area contributed by atoms with Gasteiger partial charge in [0.25, 0.3) is 0 Å². The summed E-state index contributed by atoms with van der Waals surface area (Å²) in [5.41, 5.74) is 6.62. The van der Waals surface area contributed by atoms with Crippen molar-refractivity contribution in [3.05, 3.63) is 23.8 Å². The highest BCUT2D eigenvalue weighted by molar-refractivity contribution is 5.38. The van der Waals surface area contributed by atoms with Crippen molar-refractivity contribution >= 4 is 0 Å². The van der Waals surface area contributed by atoms with Gasteiger partial charge in [-0.25, -0.2) is 0 Å². The predicted molar refractivity (Wildman–Crippen MR) is 76.7 cm³/mol. The molecule has 4 heteroatoms. The average Bonchev–Trinajstić information content (AvgIpc) is 2.41. The summed E-state index contributed by atoms with van der Waals surface area (Å²) in [6.45, 7) is 6.76. The molecule has 1 aromatic rings. The summed E-state index contributed by atoms with van der Waals surface area (Å²) in [5, 5.41) is 0. The number of hydrogen-bond donors (Lipinski definition) is 1. The molecule has 0 aliphatic heterocycles. The van der Waals surface area contributed by atoms with Crippen LogP contribution < -0.4 is 15.2 Å². The van der Waals surface area contributed by atoms with Crippen molar-refractivity contribution in [3.63, 3.8) is 0 Å². The number of rotatable bonds is 9. The van der Waals surface area contributed by atoms with Crippen LogP contribution in [-0.4, -0.2) is 26.9 Å². The Labute approximate surface area is 115 Å². The second-order valence-corrected chi connectivity index (χ2v) is 4.86. The van der Waals surface area contributed by atoms with Gasteiger partial charge in [0.15, 0.2) is 0 Å². The summed E-state index contributed by atoms with van der Waals surface area (Å²) in [6.07, 6.45) is 1.08. The highest BCUT2D eigenvalue weighted by Crippen LogP contribution is 2.22. The number of hydrogen-bond acceptors (Lipinski definition) is 4. The SMILES string of the molecule is COc1cc(CN)cc(OCCOCCC(C)C)c1. The van der Waals surface area contributed by atoms with Crippen LogP contribution in [-0.2, 0) is 11.3 Å². The third-order valence-corrected chi connectivity index (χ3v) is 2.75. The van der Waals surface area contributed by atoms with Crippen LogP contribution in [0.2, 0.25) is 0 Å². The van der Waals surface area contributed by atoms with Crippen LogP contribution in [0, 0.1) is 5.92 Å². The quantitative estimate of drug-likeness (QED) is 0.699. The van der Waals surface area contributed by atoms with Crippen LogP contribution >= 0.6 is 0 Å². The van der Waals surface area contributed by atoms with Gasteiger partial charge in [0, 0.05) is 19.2 Å². The minimum atomic E-state index is 0.471. The van der Waals surface area contributed by atoms with Gasteiger partial charge >= 0.3 is 0 Å². The van der Waals surface area contributed by atoms with E-state index in [4.69, 9.17) is 19.9 Å². The minimum Gasteiger partial charge on any atom is -0.497 e. The normalized spacial score (nSPS) is 10.8. The van der Waals surface area contributed by atoms with E-state index in [2.05, 4.69) is 13.8 Å².